The fourth-order valence-corrected chi connectivity index (χ4v) is 2.84. The van der Waals surface area contributed by atoms with Crippen LogP contribution in [-0.4, -0.2) is 43.5 Å². The first-order valence-corrected chi connectivity index (χ1v) is 8.51. The molecule has 29 heavy (non-hydrogen) atoms. The number of benzene rings is 2. The molecular weight excluding hydrogens is 395 g/mol. The predicted molar refractivity (Wildman–Crippen MR) is 97.2 cm³/mol. The van der Waals surface area contributed by atoms with Gasteiger partial charge in [0.2, 0.25) is 0 Å². The van der Waals surface area contributed by atoms with E-state index in [-0.39, 0.29) is 16.9 Å². The van der Waals surface area contributed by atoms with Gasteiger partial charge in [0.05, 0.1) is 29.4 Å². The maximum Gasteiger partial charge on any atom is 0.573 e. The highest BCUT2D eigenvalue weighted by molar-refractivity contribution is 6.08. The summed E-state index contributed by atoms with van der Waals surface area (Å²) in [7, 11) is 0. The zero-order valence-electron chi connectivity index (χ0n) is 14.9. The highest BCUT2D eigenvalue weighted by Gasteiger charge is 2.31. The van der Waals surface area contributed by atoms with E-state index in [1.165, 1.54) is 30.3 Å². The van der Waals surface area contributed by atoms with Crippen LogP contribution in [0.2, 0.25) is 0 Å². The summed E-state index contributed by atoms with van der Waals surface area (Å²) < 4.78 is 45.8. The van der Waals surface area contributed by atoms with Gasteiger partial charge in [-0.05, 0) is 30.3 Å². The van der Waals surface area contributed by atoms with Gasteiger partial charge >= 0.3 is 6.36 Å². The van der Waals surface area contributed by atoms with Gasteiger partial charge in [-0.1, -0.05) is 0 Å². The molecule has 1 aliphatic rings. The molecule has 3 rings (SSSR count). The molecule has 0 aliphatic carbocycles. The Labute approximate surface area is 163 Å². The number of ether oxygens (including phenoxy) is 2. The number of hydrogen-bond donors (Lipinski definition) is 1. The van der Waals surface area contributed by atoms with Crippen LogP contribution in [0.25, 0.3) is 0 Å². The number of rotatable bonds is 5. The Kier molecular flexibility index (Phi) is 5.87. The number of nitro groups is 1. The Morgan fingerprint density at radius 3 is 2.38 bits per heavy atom. The van der Waals surface area contributed by atoms with Crippen molar-refractivity contribution in [2.75, 3.05) is 36.5 Å². The van der Waals surface area contributed by atoms with E-state index >= 15 is 0 Å². The second-order valence-electron chi connectivity index (χ2n) is 6.08. The topological polar surface area (TPSA) is 93.9 Å². The fourth-order valence-electron chi connectivity index (χ4n) is 2.84. The zero-order chi connectivity index (χ0) is 21.0. The molecule has 8 nitrogen and oxygen atoms in total. The highest BCUT2D eigenvalue weighted by atomic mass is 19.4. The molecule has 1 saturated heterocycles. The summed E-state index contributed by atoms with van der Waals surface area (Å²) in [6.45, 7) is 1.95. The molecule has 1 heterocycles. The number of anilines is 2. The van der Waals surface area contributed by atoms with Gasteiger partial charge in [-0.25, -0.2) is 0 Å². The third-order valence-corrected chi connectivity index (χ3v) is 4.13. The van der Waals surface area contributed by atoms with Crippen LogP contribution < -0.4 is 15.0 Å². The number of hydrogen-bond acceptors (Lipinski definition) is 6. The summed E-state index contributed by atoms with van der Waals surface area (Å²) in [5.41, 5.74) is 0.551. The van der Waals surface area contributed by atoms with Crippen molar-refractivity contribution < 1.29 is 32.4 Å². The van der Waals surface area contributed by atoms with Crippen molar-refractivity contribution in [1.82, 2.24) is 0 Å². The average Bonchev–Trinajstić information content (AvgIpc) is 2.68. The maximum atomic E-state index is 12.8. The lowest BCUT2D eigenvalue weighted by atomic mass is 10.1. The van der Waals surface area contributed by atoms with Gasteiger partial charge in [0.25, 0.3) is 11.6 Å². The van der Waals surface area contributed by atoms with E-state index < -0.39 is 22.9 Å². The third-order valence-electron chi connectivity index (χ3n) is 4.13. The monoisotopic (exact) mass is 411 g/mol. The number of carbonyl (C=O) groups excluding carboxylic acids is 1. The summed E-state index contributed by atoms with van der Waals surface area (Å²) in [6, 6.07) is 8.57. The standard InChI is InChI=1S/C18H16F3N3O5/c19-18(20,21)29-14-4-1-12(2-5-14)22-17(25)15-11-13(24(26)27)3-6-16(15)23-7-9-28-10-8-23/h1-6,11H,7-10H2,(H,22,25). The second kappa shape index (κ2) is 8.35. The van der Waals surface area contributed by atoms with Crippen molar-refractivity contribution in [3.63, 3.8) is 0 Å². The molecule has 0 saturated carbocycles. The van der Waals surface area contributed by atoms with Gasteiger partial charge in [0.15, 0.2) is 0 Å². The minimum Gasteiger partial charge on any atom is -0.406 e. The van der Waals surface area contributed by atoms with E-state index in [2.05, 4.69) is 10.1 Å². The Bertz CT molecular complexity index is 897. The van der Waals surface area contributed by atoms with Crippen LogP contribution in [-0.2, 0) is 4.74 Å². The van der Waals surface area contributed by atoms with Gasteiger partial charge in [-0.2, -0.15) is 0 Å². The van der Waals surface area contributed by atoms with Crippen LogP contribution in [0.1, 0.15) is 10.4 Å². The quantitative estimate of drug-likeness (QED) is 0.597. The van der Waals surface area contributed by atoms with Crippen molar-refractivity contribution in [2.45, 2.75) is 6.36 Å². The average molecular weight is 411 g/mol. The number of nitrogens with one attached hydrogen (secondary N) is 1. The molecule has 0 spiro atoms. The van der Waals surface area contributed by atoms with Crippen molar-refractivity contribution in [3.8, 4) is 5.75 Å². The number of nitrogens with zero attached hydrogens (tertiary/aromatic N) is 2. The van der Waals surface area contributed by atoms with Crippen LogP contribution >= 0.6 is 0 Å². The Hall–Kier alpha value is -3.34. The third kappa shape index (κ3) is 5.35. The molecule has 2 aromatic carbocycles. The highest BCUT2D eigenvalue weighted by Crippen LogP contribution is 2.28. The lowest BCUT2D eigenvalue weighted by Crippen LogP contribution is -2.37. The molecule has 0 atom stereocenters. The fraction of sp³-hybridized carbons (Fsp3) is 0.278. The van der Waals surface area contributed by atoms with Crippen LogP contribution in [0.4, 0.5) is 30.2 Å². The zero-order valence-corrected chi connectivity index (χ0v) is 14.9. The first kappa shape index (κ1) is 20.4. The summed E-state index contributed by atoms with van der Waals surface area (Å²) in [5.74, 6) is -1.06. The molecule has 11 heteroatoms. The number of alkyl halides is 3. The number of non-ortho nitro benzene ring substituents is 1. The van der Waals surface area contributed by atoms with Crippen LogP contribution in [0.15, 0.2) is 42.5 Å². The molecular formula is C18H16F3N3O5. The summed E-state index contributed by atoms with van der Waals surface area (Å²) in [6.07, 6.45) is -4.82. The summed E-state index contributed by atoms with van der Waals surface area (Å²) in [5, 5.41) is 13.6. The lowest BCUT2D eigenvalue weighted by Gasteiger charge is -2.30. The van der Waals surface area contributed by atoms with Gasteiger partial charge in [-0.3, -0.25) is 14.9 Å². The van der Waals surface area contributed by atoms with E-state index in [0.29, 0.717) is 32.0 Å². The SMILES string of the molecule is O=C(Nc1ccc(OC(F)(F)F)cc1)c1cc([N+](=O)[O-])ccc1N1CCOCC1. The van der Waals surface area contributed by atoms with Crippen LogP contribution in [0.3, 0.4) is 0 Å². The molecule has 1 fully saturated rings. The Balaban J connectivity index is 1.83. The summed E-state index contributed by atoms with van der Waals surface area (Å²) in [4.78, 5) is 25.1. The predicted octanol–water partition coefficient (Wildman–Crippen LogP) is 3.58. The van der Waals surface area contributed by atoms with E-state index in [0.717, 1.165) is 12.1 Å². The molecule has 1 N–H and O–H groups in total. The Morgan fingerprint density at radius 1 is 1.14 bits per heavy atom. The molecule has 0 radical (unpaired) electrons. The molecule has 1 aliphatic heterocycles. The van der Waals surface area contributed by atoms with Crippen molar-refractivity contribution in [3.05, 3.63) is 58.1 Å². The summed E-state index contributed by atoms with van der Waals surface area (Å²) >= 11 is 0. The van der Waals surface area contributed by atoms with E-state index in [1.54, 1.807) is 0 Å². The number of amides is 1. The first-order valence-electron chi connectivity index (χ1n) is 8.51. The molecule has 0 bridgehead atoms. The molecule has 0 aromatic heterocycles. The van der Waals surface area contributed by atoms with Crippen molar-refractivity contribution in [2.24, 2.45) is 0 Å². The van der Waals surface area contributed by atoms with Gasteiger partial charge in [0.1, 0.15) is 5.75 Å². The van der Waals surface area contributed by atoms with E-state index in [4.69, 9.17) is 4.74 Å². The normalized spacial score (nSPS) is 14.4. The maximum absolute atomic E-state index is 12.8. The van der Waals surface area contributed by atoms with Crippen LogP contribution in [0, 0.1) is 10.1 Å². The number of carbonyl (C=O) groups is 1. The van der Waals surface area contributed by atoms with Gasteiger partial charge in [-0.15, -0.1) is 13.2 Å². The van der Waals surface area contributed by atoms with E-state index in [9.17, 15) is 28.1 Å². The smallest absolute Gasteiger partial charge is 0.406 e. The minimum absolute atomic E-state index is 0.0803. The Morgan fingerprint density at radius 2 is 1.79 bits per heavy atom. The minimum atomic E-state index is -4.82. The molecule has 2 aromatic rings. The van der Waals surface area contributed by atoms with E-state index in [1.807, 2.05) is 4.90 Å². The van der Waals surface area contributed by atoms with Gasteiger partial charge in [0, 0.05) is 30.9 Å². The molecule has 154 valence electrons. The van der Waals surface area contributed by atoms with Gasteiger partial charge < -0.3 is 19.7 Å². The number of nitro benzene ring substituents is 1. The number of halogens is 3. The van der Waals surface area contributed by atoms with Crippen LogP contribution in [0.5, 0.6) is 5.75 Å². The molecule has 1 amide bonds. The van der Waals surface area contributed by atoms with Crippen molar-refractivity contribution in [1.29, 1.82) is 0 Å². The second-order valence-corrected chi connectivity index (χ2v) is 6.08. The van der Waals surface area contributed by atoms with Crippen molar-refractivity contribution >= 4 is 23.0 Å². The number of morpholine rings is 1. The largest absolute Gasteiger partial charge is 0.573 e. The lowest BCUT2D eigenvalue weighted by molar-refractivity contribution is -0.384. The molecule has 0 unspecified atom stereocenters. The first-order chi connectivity index (χ1) is 13.7.